The van der Waals surface area contributed by atoms with Gasteiger partial charge in [0.15, 0.2) is 0 Å². The maximum atomic E-state index is 11.7. The molecule has 5 heteroatoms. The summed E-state index contributed by atoms with van der Waals surface area (Å²) in [5, 5.41) is 16.8. The predicted molar refractivity (Wildman–Crippen MR) is 68.1 cm³/mol. The Balaban J connectivity index is 2.80. The normalized spacial score (nSPS) is 13.1. The van der Waals surface area contributed by atoms with Crippen LogP contribution >= 0.6 is 0 Å². The molecule has 0 amide bonds. The van der Waals surface area contributed by atoms with E-state index in [9.17, 15) is 9.90 Å². The molecule has 0 aliphatic rings. The molecule has 0 saturated carbocycles. The van der Waals surface area contributed by atoms with Crippen LogP contribution in [0.1, 0.15) is 27.7 Å². The highest BCUT2D eigenvalue weighted by molar-refractivity contribution is 5.39. The molecule has 1 aromatic rings. The first-order valence-electron chi connectivity index (χ1n) is 5.92. The summed E-state index contributed by atoms with van der Waals surface area (Å²) in [4.78, 5) is 11.7. The van der Waals surface area contributed by atoms with E-state index in [0.717, 1.165) is 0 Å². The van der Waals surface area contributed by atoms with Gasteiger partial charge in [-0.2, -0.15) is 5.10 Å². The van der Waals surface area contributed by atoms with Crippen LogP contribution in [-0.2, 0) is 6.54 Å². The lowest BCUT2D eigenvalue weighted by molar-refractivity contribution is 0.101. The van der Waals surface area contributed by atoms with Crippen molar-refractivity contribution in [3.8, 4) is 0 Å². The van der Waals surface area contributed by atoms with E-state index in [2.05, 4.69) is 10.4 Å². The maximum Gasteiger partial charge on any atom is 0.268 e. The van der Waals surface area contributed by atoms with Gasteiger partial charge >= 0.3 is 0 Å². The lowest BCUT2D eigenvalue weighted by atomic mass is 10.1. The summed E-state index contributed by atoms with van der Waals surface area (Å²) in [6.45, 7) is 8.04. The summed E-state index contributed by atoms with van der Waals surface area (Å²) in [5.74, 6) is 0.108. The van der Waals surface area contributed by atoms with Crippen molar-refractivity contribution in [2.24, 2.45) is 5.92 Å². The number of aromatic nitrogens is 2. The summed E-state index contributed by atoms with van der Waals surface area (Å²) in [5.41, 5.74) is 0.510. The first kappa shape index (κ1) is 13.7. The highest BCUT2D eigenvalue weighted by Crippen LogP contribution is 2.05. The van der Waals surface area contributed by atoms with Crippen LogP contribution in [0.15, 0.2) is 17.1 Å². The lowest BCUT2D eigenvalue weighted by Crippen LogP contribution is -2.31. The van der Waals surface area contributed by atoms with Gasteiger partial charge < -0.3 is 10.4 Å². The van der Waals surface area contributed by atoms with Crippen molar-refractivity contribution in [2.45, 2.75) is 46.4 Å². The molecule has 1 unspecified atom stereocenters. The van der Waals surface area contributed by atoms with Crippen molar-refractivity contribution < 1.29 is 5.11 Å². The molecule has 96 valence electrons. The molecule has 0 spiro atoms. The molecule has 0 aromatic carbocycles. The number of nitrogens with one attached hydrogen (secondary N) is 1. The van der Waals surface area contributed by atoms with E-state index in [-0.39, 0.29) is 24.1 Å². The van der Waals surface area contributed by atoms with Crippen LogP contribution in [0.4, 0.5) is 5.69 Å². The van der Waals surface area contributed by atoms with Gasteiger partial charge in [-0.05, 0) is 19.8 Å². The molecule has 1 atom stereocenters. The van der Waals surface area contributed by atoms with Gasteiger partial charge in [-0.15, -0.1) is 0 Å². The zero-order valence-electron chi connectivity index (χ0n) is 10.8. The third-order valence-corrected chi connectivity index (χ3v) is 2.45. The zero-order chi connectivity index (χ0) is 13.0. The third kappa shape index (κ3) is 4.19. The Kier molecular flexibility index (Phi) is 4.69. The summed E-state index contributed by atoms with van der Waals surface area (Å²) in [7, 11) is 0. The Morgan fingerprint density at radius 2 is 2.06 bits per heavy atom. The molecule has 1 aromatic heterocycles. The summed E-state index contributed by atoms with van der Waals surface area (Å²) < 4.78 is 1.29. The van der Waals surface area contributed by atoms with Crippen LogP contribution in [0, 0.1) is 5.92 Å². The predicted octanol–water partition coefficient (Wildman–Crippen LogP) is 1.08. The Labute approximate surface area is 101 Å². The monoisotopic (exact) mass is 239 g/mol. The first-order chi connectivity index (χ1) is 7.90. The van der Waals surface area contributed by atoms with E-state index in [0.29, 0.717) is 5.69 Å². The van der Waals surface area contributed by atoms with Crippen molar-refractivity contribution in [1.82, 2.24) is 9.78 Å². The quantitative estimate of drug-likeness (QED) is 0.807. The van der Waals surface area contributed by atoms with Crippen molar-refractivity contribution in [3.63, 3.8) is 0 Å². The highest BCUT2D eigenvalue weighted by Gasteiger charge is 2.11. The molecule has 1 rings (SSSR count). The first-order valence-corrected chi connectivity index (χ1v) is 5.92. The van der Waals surface area contributed by atoms with Crippen LogP contribution in [0.3, 0.4) is 0 Å². The number of aliphatic hydroxyl groups is 1. The van der Waals surface area contributed by atoms with Gasteiger partial charge in [0.25, 0.3) is 5.56 Å². The molecule has 0 saturated heterocycles. The van der Waals surface area contributed by atoms with Crippen LogP contribution in [-0.4, -0.2) is 27.0 Å². The fourth-order valence-corrected chi connectivity index (χ4v) is 1.37. The van der Waals surface area contributed by atoms with Crippen LogP contribution in [0.2, 0.25) is 0 Å². The second kappa shape index (κ2) is 5.82. The van der Waals surface area contributed by atoms with Gasteiger partial charge in [-0.3, -0.25) is 4.79 Å². The Hall–Kier alpha value is -1.36. The van der Waals surface area contributed by atoms with Gasteiger partial charge in [0.05, 0.1) is 24.5 Å². The molecular formula is C12H21N3O2. The Morgan fingerprint density at radius 3 is 2.53 bits per heavy atom. The van der Waals surface area contributed by atoms with E-state index in [1.54, 1.807) is 6.20 Å². The van der Waals surface area contributed by atoms with E-state index >= 15 is 0 Å². The molecule has 0 radical (unpaired) electrons. The van der Waals surface area contributed by atoms with E-state index < -0.39 is 6.10 Å². The number of nitrogens with zero attached hydrogens (tertiary/aromatic N) is 2. The van der Waals surface area contributed by atoms with Crippen LogP contribution in [0.5, 0.6) is 0 Å². The minimum atomic E-state index is -0.552. The molecule has 0 aliphatic heterocycles. The summed E-state index contributed by atoms with van der Waals surface area (Å²) in [6.07, 6.45) is 1.05. The Morgan fingerprint density at radius 1 is 1.41 bits per heavy atom. The summed E-state index contributed by atoms with van der Waals surface area (Å²) >= 11 is 0. The van der Waals surface area contributed by atoms with Gasteiger partial charge in [-0.1, -0.05) is 13.8 Å². The molecular weight excluding hydrogens is 218 g/mol. The summed E-state index contributed by atoms with van der Waals surface area (Å²) in [6, 6.07) is 1.76. The van der Waals surface area contributed by atoms with Crippen LogP contribution < -0.4 is 10.9 Å². The zero-order valence-corrected chi connectivity index (χ0v) is 10.8. The molecule has 0 fully saturated rings. The minimum Gasteiger partial charge on any atom is -0.391 e. The number of hydrogen-bond donors (Lipinski definition) is 2. The number of rotatable bonds is 5. The molecule has 17 heavy (non-hydrogen) atoms. The Bertz CT molecular complexity index is 412. The van der Waals surface area contributed by atoms with Crippen molar-refractivity contribution in [3.05, 3.63) is 22.6 Å². The van der Waals surface area contributed by atoms with Crippen molar-refractivity contribution in [1.29, 1.82) is 0 Å². The second-order valence-electron chi connectivity index (χ2n) is 4.87. The van der Waals surface area contributed by atoms with E-state index in [1.165, 1.54) is 10.7 Å². The van der Waals surface area contributed by atoms with Gasteiger partial charge in [0, 0.05) is 12.1 Å². The van der Waals surface area contributed by atoms with Gasteiger partial charge in [0.2, 0.25) is 0 Å². The SMILES string of the molecule is CC(C)Nc1cnn(CC(O)C(C)C)c(=O)c1. The average Bonchev–Trinajstić information content (AvgIpc) is 2.20. The smallest absolute Gasteiger partial charge is 0.268 e. The molecule has 5 nitrogen and oxygen atoms in total. The lowest BCUT2D eigenvalue weighted by Gasteiger charge is -2.15. The highest BCUT2D eigenvalue weighted by atomic mass is 16.3. The van der Waals surface area contributed by atoms with E-state index in [4.69, 9.17) is 0 Å². The largest absolute Gasteiger partial charge is 0.391 e. The average molecular weight is 239 g/mol. The number of anilines is 1. The molecule has 1 heterocycles. The number of aliphatic hydroxyl groups excluding tert-OH is 1. The van der Waals surface area contributed by atoms with Crippen molar-refractivity contribution >= 4 is 5.69 Å². The van der Waals surface area contributed by atoms with Gasteiger partial charge in [-0.25, -0.2) is 4.68 Å². The molecule has 2 N–H and O–H groups in total. The molecule has 0 aliphatic carbocycles. The maximum absolute atomic E-state index is 11.7. The number of hydrogen-bond acceptors (Lipinski definition) is 4. The fraction of sp³-hybridized carbons (Fsp3) is 0.667. The molecule has 0 bridgehead atoms. The third-order valence-electron chi connectivity index (χ3n) is 2.45. The fourth-order valence-electron chi connectivity index (χ4n) is 1.37. The standard InChI is InChI=1S/C12H21N3O2/c1-8(2)11(16)7-15-12(17)5-10(6-13-15)14-9(3)4/h5-6,8-9,11,14,16H,7H2,1-4H3. The van der Waals surface area contributed by atoms with Gasteiger partial charge in [0.1, 0.15) is 0 Å². The van der Waals surface area contributed by atoms with Crippen molar-refractivity contribution in [2.75, 3.05) is 5.32 Å². The topological polar surface area (TPSA) is 67.2 Å². The van der Waals surface area contributed by atoms with Crippen LogP contribution in [0.25, 0.3) is 0 Å². The minimum absolute atomic E-state index is 0.108. The second-order valence-corrected chi connectivity index (χ2v) is 4.87. The van der Waals surface area contributed by atoms with E-state index in [1.807, 2.05) is 27.7 Å².